The van der Waals surface area contributed by atoms with Gasteiger partial charge in [-0.1, -0.05) is 86.6 Å². The van der Waals surface area contributed by atoms with Crippen molar-refractivity contribution in [1.29, 1.82) is 0 Å². The maximum Gasteiger partial charge on any atom is 0.306 e. The molecule has 3 aromatic carbocycles. The highest BCUT2D eigenvalue weighted by molar-refractivity contribution is 6.20. The first-order chi connectivity index (χ1) is 28.1. The Morgan fingerprint density at radius 2 is 1.00 bits per heavy atom. The number of amides is 7. The number of hydroxylamine groups is 6. The molecule has 0 radical (unpaired) electrons. The van der Waals surface area contributed by atoms with E-state index < -0.39 is 84.3 Å². The van der Waals surface area contributed by atoms with Crippen molar-refractivity contribution in [3.63, 3.8) is 0 Å². The van der Waals surface area contributed by atoms with Gasteiger partial charge < -0.3 is 10.8 Å². The van der Waals surface area contributed by atoms with Gasteiger partial charge >= 0.3 is 5.97 Å². The lowest BCUT2D eigenvalue weighted by Crippen LogP contribution is -2.50. The molecule has 0 bridgehead atoms. The Balaban J connectivity index is 1.41. The quantitative estimate of drug-likeness (QED) is 0.0570. The van der Waals surface area contributed by atoms with E-state index in [0.717, 1.165) is 0 Å². The second-order valence-electron chi connectivity index (χ2n) is 13.5. The van der Waals surface area contributed by atoms with Crippen LogP contribution >= 0.6 is 0 Å². The van der Waals surface area contributed by atoms with Gasteiger partial charge in [0.1, 0.15) is 0 Å². The maximum absolute atomic E-state index is 13.5. The first-order valence-corrected chi connectivity index (χ1v) is 18.2. The Bertz CT molecular complexity index is 1950. The van der Waals surface area contributed by atoms with Gasteiger partial charge in [-0.15, -0.1) is 5.06 Å². The molecule has 0 unspecified atom stereocenters. The number of aliphatic carboxylic acids is 1. The van der Waals surface area contributed by atoms with Gasteiger partial charge in [0.15, 0.2) is 30.5 Å². The number of nitrogens with one attached hydrogen (secondary N) is 4. The van der Waals surface area contributed by atoms with E-state index in [1.807, 2.05) is 11.0 Å². The molecule has 314 valence electrons. The number of carbonyl (C=O) groups is 8. The lowest BCUT2D eigenvalue weighted by atomic mass is 10.1. The minimum absolute atomic E-state index is 0.0260. The van der Waals surface area contributed by atoms with Crippen molar-refractivity contribution in [2.24, 2.45) is 11.7 Å². The molecule has 0 saturated heterocycles. The topological polar surface area (TPSA) is 280 Å². The summed E-state index contributed by atoms with van der Waals surface area (Å²) < 4.78 is 0. The highest BCUT2D eigenvalue weighted by atomic mass is 16.7. The number of nitrogens with two attached hydrogens (primary N) is 1. The zero-order valence-electron chi connectivity index (χ0n) is 32.2. The number of hydrogen-bond donors (Lipinski definition) is 6. The average molecular weight is 821 g/mol. The van der Waals surface area contributed by atoms with E-state index in [1.165, 1.54) is 19.1 Å². The Morgan fingerprint density at radius 1 is 0.593 bits per heavy atom. The molecule has 0 saturated carbocycles. The van der Waals surface area contributed by atoms with E-state index in [2.05, 4.69) is 11.0 Å². The molecule has 59 heavy (non-hydrogen) atoms. The number of benzene rings is 3. The molecule has 4 rings (SSSR count). The summed E-state index contributed by atoms with van der Waals surface area (Å²) in [5.74, 6) is -8.40. The van der Waals surface area contributed by atoms with Gasteiger partial charge in [-0.25, -0.2) is 26.8 Å². The number of nitrogens with zero attached hydrogens (tertiary/aromatic N) is 1. The summed E-state index contributed by atoms with van der Waals surface area (Å²) >= 11 is 0. The van der Waals surface area contributed by atoms with Crippen LogP contribution in [0.3, 0.4) is 0 Å². The molecule has 20 nitrogen and oxygen atoms in total. The Hall–Kier alpha value is -6.58. The van der Waals surface area contributed by atoms with E-state index in [4.69, 9.17) is 29.9 Å². The van der Waals surface area contributed by atoms with Crippen LogP contribution in [0, 0.1) is 5.92 Å². The van der Waals surface area contributed by atoms with Crippen LogP contribution in [0.15, 0.2) is 84.9 Å². The SMILES string of the molecule is CC(C)C[C@@H](ONC(=O)[C@@H](CC(=O)O)ONC(=O)[C@@H](Cc1ccccc1)ON1C(=O)c2ccccc2C1=O)C(=O)NO[C@H](Cc1ccccc1)C(=O)NO[C@H](C)C(N)=O. The first-order valence-electron chi connectivity index (χ1n) is 18.2. The van der Waals surface area contributed by atoms with Crippen molar-refractivity contribution in [2.75, 3.05) is 0 Å². The van der Waals surface area contributed by atoms with Gasteiger partial charge in [-0.05, 0) is 42.5 Å². The molecule has 0 aliphatic carbocycles. The van der Waals surface area contributed by atoms with Crippen LogP contribution in [0.2, 0.25) is 0 Å². The third kappa shape index (κ3) is 13.5. The average Bonchev–Trinajstić information content (AvgIpc) is 3.45. The van der Waals surface area contributed by atoms with Crippen molar-refractivity contribution in [3.05, 3.63) is 107 Å². The van der Waals surface area contributed by atoms with Crippen LogP contribution in [-0.2, 0) is 65.8 Å². The van der Waals surface area contributed by atoms with E-state index >= 15 is 0 Å². The molecule has 5 atom stereocenters. The summed E-state index contributed by atoms with van der Waals surface area (Å²) in [5, 5.41) is 9.96. The van der Waals surface area contributed by atoms with E-state index in [9.17, 15) is 43.5 Å². The second-order valence-corrected chi connectivity index (χ2v) is 13.5. The van der Waals surface area contributed by atoms with Crippen molar-refractivity contribution in [2.45, 2.75) is 77.0 Å². The molecule has 0 aromatic heterocycles. The Kier molecular flexibility index (Phi) is 16.7. The largest absolute Gasteiger partial charge is 0.481 e. The van der Waals surface area contributed by atoms with Crippen LogP contribution in [-0.4, -0.2) is 88.0 Å². The fraction of sp³-hybridized carbons (Fsp3) is 0.333. The van der Waals surface area contributed by atoms with E-state index in [0.29, 0.717) is 16.2 Å². The van der Waals surface area contributed by atoms with Crippen LogP contribution in [0.25, 0.3) is 0 Å². The standard InChI is InChI=1S/C39H44N6O14/c1-22(2)18-28(34(49)42-57-29(19-24-12-6-4-7-13-24)35(50)41-55-23(3)33(40)48)56-43-36(51)30(21-32(46)47)58-44-37(52)31(20-25-14-8-5-9-15-25)59-45-38(53)26-16-10-11-17-27(26)39(45)54/h4-17,22-23,28-31H,18-21H2,1-3H3,(H2,40,48)(H,41,50)(H,42,49)(H,43,51)(H,44,52)(H,46,47)/t23-,28-,29-,30-,31-/m1/s1. The van der Waals surface area contributed by atoms with Crippen molar-refractivity contribution in [3.8, 4) is 0 Å². The normalized spacial score (nSPS) is 14.7. The lowest BCUT2D eigenvalue weighted by molar-refractivity contribution is -0.181. The van der Waals surface area contributed by atoms with Crippen LogP contribution in [0.1, 0.15) is 65.5 Å². The minimum atomic E-state index is -1.95. The lowest BCUT2D eigenvalue weighted by Gasteiger charge is -2.24. The monoisotopic (exact) mass is 820 g/mol. The number of carbonyl (C=O) groups excluding carboxylic acids is 7. The van der Waals surface area contributed by atoms with E-state index in [-0.39, 0.29) is 36.3 Å². The number of fused-ring (bicyclic) bond motifs is 1. The zero-order valence-corrected chi connectivity index (χ0v) is 32.2. The van der Waals surface area contributed by atoms with Crippen molar-refractivity contribution >= 4 is 47.3 Å². The van der Waals surface area contributed by atoms with Gasteiger partial charge in [0, 0.05) is 12.8 Å². The molecular weight excluding hydrogens is 776 g/mol. The molecule has 1 aliphatic rings. The van der Waals surface area contributed by atoms with E-state index in [1.54, 1.807) is 86.6 Å². The number of carboxylic acid groups (broad SMARTS) is 1. The molecule has 0 spiro atoms. The van der Waals surface area contributed by atoms with Gasteiger partial charge in [-0.3, -0.25) is 57.7 Å². The fourth-order valence-corrected chi connectivity index (χ4v) is 5.25. The summed E-state index contributed by atoms with van der Waals surface area (Å²) in [6.07, 6.45) is -8.91. The fourth-order valence-electron chi connectivity index (χ4n) is 5.25. The van der Waals surface area contributed by atoms with Gasteiger partial charge in [0.25, 0.3) is 35.4 Å². The smallest absolute Gasteiger partial charge is 0.306 e. The summed E-state index contributed by atoms with van der Waals surface area (Å²) in [6.45, 7) is 4.77. The molecule has 3 aromatic rings. The van der Waals surface area contributed by atoms with Gasteiger partial charge in [0.05, 0.1) is 17.5 Å². The highest BCUT2D eigenvalue weighted by Gasteiger charge is 2.40. The van der Waals surface area contributed by atoms with Crippen LogP contribution in [0.5, 0.6) is 0 Å². The van der Waals surface area contributed by atoms with Crippen molar-refractivity contribution < 1.29 is 67.7 Å². The molecule has 1 aliphatic heterocycles. The molecule has 7 N–H and O–H groups in total. The molecule has 0 fully saturated rings. The predicted octanol–water partition coefficient (Wildman–Crippen LogP) is 0.760. The third-order valence-corrected chi connectivity index (χ3v) is 8.37. The molecular formula is C39H44N6O14. The highest BCUT2D eigenvalue weighted by Crippen LogP contribution is 2.24. The number of primary amides is 1. The molecule has 1 heterocycles. The van der Waals surface area contributed by atoms with Crippen LogP contribution < -0.4 is 27.7 Å². The number of rotatable bonds is 23. The Labute approximate surface area is 337 Å². The zero-order chi connectivity index (χ0) is 43.1. The predicted molar refractivity (Wildman–Crippen MR) is 201 cm³/mol. The number of hydrogen-bond acceptors (Lipinski definition) is 13. The van der Waals surface area contributed by atoms with Gasteiger partial charge in [-0.2, -0.15) is 0 Å². The summed E-state index contributed by atoms with van der Waals surface area (Å²) in [6, 6.07) is 22.9. The number of carboxylic acids is 1. The second kappa shape index (κ2) is 21.8. The van der Waals surface area contributed by atoms with Gasteiger partial charge in [0.2, 0.25) is 5.91 Å². The summed E-state index contributed by atoms with van der Waals surface area (Å²) in [4.78, 5) is 129. The Morgan fingerprint density at radius 3 is 1.49 bits per heavy atom. The minimum Gasteiger partial charge on any atom is -0.481 e. The summed E-state index contributed by atoms with van der Waals surface area (Å²) in [7, 11) is 0. The van der Waals surface area contributed by atoms with Crippen molar-refractivity contribution in [1.82, 2.24) is 27.0 Å². The molecule has 7 amide bonds. The first kappa shape index (κ1) is 45.1. The number of imide groups is 1. The molecule has 20 heteroatoms. The maximum atomic E-state index is 13.5. The third-order valence-electron chi connectivity index (χ3n) is 8.37. The summed E-state index contributed by atoms with van der Waals surface area (Å²) in [5.41, 5.74) is 14.6. The van der Waals surface area contributed by atoms with Crippen LogP contribution in [0.4, 0.5) is 0 Å².